The van der Waals surface area contributed by atoms with Gasteiger partial charge >= 0.3 is 6.36 Å². The van der Waals surface area contributed by atoms with E-state index in [4.69, 9.17) is 11.6 Å². The van der Waals surface area contributed by atoms with E-state index in [1.807, 2.05) is 0 Å². The van der Waals surface area contributed by atoms with Crippen molar-refractivity contribution in [1.82, 2.24) is 4.90 Å². The van der Waals surface area contributed by atoms with Crippen LogP contribution in [-0.2, 0) is 4.79 Å². The maximum Gasteiger partial charge on any atom is 0.573 e. The van der Waals surface area contributed by atoms with E-state index in [0.717, 1.165) is 12.1 Å². The molecule has 3 amide bonds. The molecule has 1 aliphatic carbocycles. The number of hydrogen-bond donors (Lipinski definition) is 0. The first kappa shape index (κ1) is 22.7. The quantitative estimate of drug-likeness (QED) is 0.552. The Bertz CT molecular complexity index is 1160. The number of carbonyl (C=O) groups excluding carboxylic acids is 3. The van der Waals surface area contributed by atoms with Gasteiger partial charge in [-0.05, 0) is 56.4 Å². The lowest BCUT2D eigenvalue weighted by molar-refractivity contribution is -0.274. The number of nitrogens with zero attached hydrogens (tertiary/aromatic N) is 2. The number of carbonyl (C=O) groups is 3. The van der Waals surface area contributed by atoms with Gasteiger partial charge in [0.2, 0.25) is 5.91 Å². The van der Waals surface area contributed by atoms with Crippen LogP contribution in [0.15, 0.2) is 42.5 Å². The molecule has 0 aromatic heterocycles. The number of amides is 3. The SMILES string of the molecule is O=C1c2ccccc2C(=O)N1C1CCC2(CC1)CCN(c1ccc(OC(F)(F)F)cc1Cl)C2=O. The topological polar surface area (TPSA) is 66.9 Å². The molecule has 2 fully saturated rings. The third-order valence-corrected chi connectivity index (χ3v) is 7.36. The zero-order valence-electron chi connectivity index (χ0n) is 17.9. The normalized spacial score (nSPS) is 24.8. The smallest absolute Gasteiger partial charge is 0.406 e. The molecule has 3 aliphatic rings. The molecule has 0 bridgehead atoms. The minimum Gasteiger partial charge on any atom is -0.406 e. The zero-order chi connectivity index (χ0) is 24.3. The maximum atomic E-state index is 13.4. The summed E-state index contributed by atoms with van der Waals surface area (Å²) in [6.07, 6.45) is -2.23. The highest BCUT2D eigenvalue weighted by Gasteiger charge is 2.51. The summed E-state index contributed by atoms with van der Waals surface area (Å²) in [5.41, 5.74) is 0.507. The van der Waals surface area contributed by atoms with E-state index < -0.39 is 17.5 Å². The number of fused-ring (bicyclic) bond motifs is 1. The maximum absolute atomic E-state index is 13.4. The average Bonchev–Trinajstić information content (AvgIpc) is 3.23. The Kier molecular flexibility index (Phi) is 5.35. The summed E-state index contributed by atoms with van der Waals surface area (Å²) in [6, 6.07) is 9.99. The van der Waals surface area contributed by atoms with Crippen LogP contribution in [0.25, 0.3) is 0 Å². The van der Waals surface area contributed by atoms with Crippen molar-refractivity contribution in [3.8, 4) is 5.75 Å². The van der Waals surface area contributed by atoms with Gasteiger partial charge in [0.05, 0.1) is 27.3 Å². The molecule has 2 aromatic rings. The summed E-state index contributed by atoms with van der Waals surface area (Å²) in [5, 5.41) is -0.00754. The Balaban J connectivity index is 1.29. The predicted octanol–water partition coefficient (Wildman–Crippen LogP) is 5.20. The predicted molar refractivity (Wildman–Crippen MR) is 117 cm³/mol. The Morgan fingerprint density at radius 2 is 1.56 bits per heavy atom. The number of halogens is 4. The van der Waals surface area contributed by atoms with Crippen LogP contribution in [0.3, 0.4) is 0 Å². The van der Waals surface area contributed by atoms with Crippen LogP contribution in [0.1, 0.15) is 52.8 Å². The van der Waals surface area contributed by atoms with Crippen molar-refractivity contribution in [2.75, 3.05) is 11.4 Å². The molecule has 0 N–H and O–H groups in total. The van der Waals surface area contributed by atoms with E-state index in [9.17, 15) is 27.6 Å². The van der Waals surface area contributed by atoms with Gasteiger partial charge < -0.3 is 9.64 Å². The summed E-state index contributed by atoms with van der Waals surface area (Å²) in [5.74, 6) is -1.19. The van der Waals surface area contributed by atoms with Gasteiger partial charge in [0.1, 0.15) is 5.75 Å². The molecule has 178 valence electrons. The molecule has 0 unspecified atom stereocenters. The second kappa shape index (κ2) is 8.01. The van der Waals surface area contributed by atoms with Crippen LogP contribution in [0.4, 0.5) is 18.9 Å². The highest BCUT2D eigenvalue weighted by molar-refractivity contribution is 6.34. The fourth-order valence-corrected chi connectivity index (χ4v) is 5.64. The number of ether oxygens (including phenoxy) is 1. The van der Waals surface area contributed by atoms with Crippen molar-refractivity contribution in [3.05, 3.63) is 58.6 Å². The van der Waals surface area contributed by atoms with Gasteiger partial charge in [0.25, 0.3) is 11.8 Å². The third kappa shape index (κ3) is 3.72. The molecule has 1 saturated heterocycles. The molecule has 2 aliphatic heterocycles. The van der Waals surface area contributed by atoms with Crippen LogP contribution in [0.5, 0.6) is 5.75 Å². The molecule has 10 heteroatoms. The molecule has 0 atom stereocenters. The second-order valence-corrected chi connectivity index (χ2v) is 9.31. The van der Waals surface area contributed by atoms with Crippen LogP contribution < -0.4 is 9.64 Å². The Hall–Kier alpha value is -3.07. The Morgan fingerprint density at radius 1 is 0.941 bits per heavy atom. The highest BCUT2D eigenvalue weighted by Crippen LogP contribution is 2.48. The number of imide groups is 1. The average molecular weight is 493 g/mol. The third-order valence-electron chi connectivity index (χ3n) is 7.06. The van der Waals surface area contributed by atoms with Crippen LogP contribution >= 0.6 is 11.6 Å². The van der Waals surface area contributed by atoms with Gasteiger partial charge in [0, 0.05) is 18.7 Å². The number of benzene rings is 2. The molecular weight excluding hydrogens is 473 g/mol. The minimum absolute atomic E-state index is 0.00754. The molecule has 1 spiro atoms. The molecule has 0 radical (unpaired) electrons. The number of alkyl halides is 3. The fraction of sp³-hybridized carbons (Fsp3) is 0.375. The fourth-order valence-electron chi connectivity index (χ4n) is 5.37. The summed E-state index contributed by atoms with van der Waals surface area (Å²) < 4.78 is 41.3. The second-order valence-electron chi connectivity index (χ2n) is 8.91. The van der Waals surface area contributed by atoms with Gasteiger partial charge in [-0.25, -0.2) is 0 Å². The Morgan fingerprint density at radius 3 is 2.12 bits per heavy atom. The highest BCUT2D eigenvalue weighted by atomic mass is 35.5. The van der Waals surface area contributed by atoms with Crippen LogP contribution in [0, 0.1) is 5.41 Å². The largest absolute Gasteiger partial charge is 0.573 e. The van der Waals surface area contributed by atoms with Gasteiger partial charge in [-0.15, -0.1) is 13.2 Å². The lowest BCUT2D eigenvalue weighted by atomic mass is 9.71. The zero-order valence-corrected chi connectivity index (χ0v) is 18.7. The number of hydrogen-bond acceptors (Lipinski definition) is 4. The van der Waals surface area contributed by atoms with E-state index in [-0.39, 0.29) is 28.8 Å². The molecule has 6 nitrogen and oxygen atoms in total. The first-order valence-corrected chi connectivity index (χ1v) is 11.3. The van der Waals surface area contributed by atoms with E-state index in [1.54, 1.807) is 24.3 Å². The minimum atomic E-state index is -4.84. The van der Waals surface area contributed by atoms with Crippen molar-refractivity contribution in [2.24, 2.45) is 5.41 Å². The summed E-state index contributed by atoms with van der Waals surface area (Å²) in [7, 11) is 0. The van der Waals surface area contributed by atoms with E-state index in [2.05, 4.69) is 4.74 Å². The standard InChI is InChI=1S/C24H20ClF3N2O4/c25-18-13-15(34-24(26,27)28)5-6-19(18)29-12-11-23(22(29)33)9-7-14(8-10-23)30-20(31)16-3-1-2-4-17(16)21(30)32/h1-6,13-14H,7-12H2. The Labute approximate surface area is 198 Å². The lowest BCUT2D eigenvalue weighted by Gasteiger charge is -2.38. The first-order chi connectivity index (χ1) is 16.1. The molecule has 2 heterocycles. The van der Waals surface area contributed by atoms with E-state index in [1.165, 1.54) is 15.9 Å². The van der Waals surface area contributed by atoms with Gasteiger partial charge in [0.15, 0.2) is 0 Å². The molecule has 1 saturated carbocycles. The van der Waals surface area contributed by atoms with Crippen molar-refractivity contribution in [2.45, 2.75) is 44.5 Å². The monoisotopic (exact) mass is 492 g/mol. The number of rotatable bonds is 3. The summed E-state index contributed by atoms with van der Waals surface area (Å²) in [6.45, 7) is 0.385. The van der Waals surface area contributed by atoms with Crippen LogP contribution in [-0.4, -0.2) is 41.6 Å². The van der Waals surface area contributed by atoms with Gasteiger partial charge in [-0.2, -0.15) is 0 Å². The van der Waals surface area contributed by atoms with Crippen molar-refractivity contribution in [1.29, 1.82) is 0 Å². The summed E-state index contributed by atoms with van der Waals surface area (Å²) >= 11 is 6.19. The van der Waals surface area contributed by atoms with E-state index >= 15 is 0 Å². The molecule has 2 aromatic carbocycles. The summed E-state index contributed by atoms with van der Waals surface area (Å²) in [4.78, 5) is 41.8. The molecule has 5 rings (SSSR count). The van der Waals surface area contributed by atoms with Crippen molar-refractivity contribution >= 4 is 35.0 Å². The van der Waals surface area contributed by atoms with Crippen molar-refractivity contribution < 1.29 is 32.3 Å². The van der Waals surface area contributed by atoms with Crippen LogP contribution in [0.2, 0.25) is 5.02 Å². The lowest BCUT2D eigenvalue weighted by Crippen LogP contribution is -2.46. The first-order valence-electron chi connectivity index (χ1n) is 10.9. The number of anilines is 1. The van der Waals surface area contributed by atoms with Gasteiger partial charge in [-0.3, -0.25) is 19.3 Å². The van der Waals surface area contributed by atoms with Crippen molar-refractivity contribution in [3.63, 3.8) is 0 Å². The molecule has 34 heavy (non-hydrogen) atoms. The molecular formula is C24H20ClF3N2O4. The van der Waals surface area contributed by atoms with Gasteiger partial charge in [-0.1, -0.05) is 23.7 Å². The van der Waals surface area contributed by atoms with E-state index in [0.29, 0.717) is 55.5 Å².